The van der Waals surface area contributed by atoms with Crippen molar-refractivity contribution in [2.75, 3.05) is 18.2 Å². The fourth-order valence-electron chi connectivity index (χ4n) is 2.86. The summed E-state index contributed by atoms with van der Waals surface area (Å²) in [6.07, 6.45) is 2.27. The molecule has 11 heteroatoms. The minimum atomic E-state index is -3.86. The van der Waals surface area contributed by atoms with Gasteiger partial charge in [0.15, 0.2) is 5.76 Å². The number of ether oxygens (including phenoxy) is 1. The minimum absolute atomic E-state index is 0.0197. The molecule has 2 aromatic heterocycles. The number of benzene rings is 1. The maximum absolute atomic E-state index is 13.7. The topological polar surface area (TPSA) is 111 Å². The van der Waals surface area contributed by atoms with Crippen LogP contribution in [-0.2, 0) is 27.0 Å². The highest BCUT2D eigenvalue weighted by Gasteiger charge is 2.28. The lowest BCUT2D eigenvalue weighted by molar-refractivity contribution is 0.0174. The van der Waals surface area contributed by atoms with Crippen LogP contribution in [0.5, 0.6) is 0 Å². The predicted octanol–water partition coefficient (Wildman–Crippen LogP) is 4.04. The number of anilines is 1. The lowest BCUT2D eigenvalue weighted by Gasteiger charge is -2.15. The normalized spacial score (nSPS) is 11.9. The van der Waals surface area contributed by atoms with Crippen molar-refractivity contribution in [1.82, 2.24) is 9.97 Å². The van der Waals surface area contributed by atoms with Crippen molar-refractivity contribution in [2.45, 2.75) is 31.5 Å². The molecule has 0 aliphatic rings. The molecule has 0 saturated carbocycles. The fraction of sp³-hybridized carbons (Fsp3) is 0.286. The van der Waals surface area contributed by atoms with E-state index in [0.29, 0.717) is 5.56 Å². The number of carbonyl (C=O) groups excluding carboxylic acids is 1. The number of aromatic nitrogens is 2. The van der Waals surface area contributed by atoms with Gasteiger partial charge in [-0.25, -0.2) is 32.0 Å². The first-order chi connectivity index (χ1) is 15.0. The molecule has 0 aliphatic carbocycles. The highest BCUT2D eigenvalue weighted by atomic mass is 32.2. The molecule has 0 bridgehead atoms. The van der Waals surface area contributed by atoms with Crippen LogP contribution in [0.1, 0.15) is 35.3 Å². The third-order valence-corrected chi connectivity index (χ3v) is 5.19. The summed E-state index contributed by atoms with van der Waals surface area (Å²) in [6, 6.07) is 8.76. The molecule has 0 atom stereocenters. The number of hydrogen-bond donors (Lipinski definition) is 1. The van der Waals surface area contributed by atoms with Gasteiger partial charge < -0.3 is 14.5 Å². The van der Waals surface area contributed by atoms with Gasteiger partial charge in [-0.1, -0.05) is 18.2 Å². The number of carbonyl (C=O) groups is 1. The van der Waals surface area contributed by atoms with Crippen molar-refractivity contribution in [3.8, 4) is 11.5 Å². The Bertz CT molecular complexity index is 1220. The van der Waals surface area contributed by atoms with Crippen LogP contribution in [0, 0.1) is 0 Å². The van der Waals surface area contributed by atoms with Crippen LogP contribution in [0.25, 0.3) is 11.5 Å². The second kappa shape index (κ2) is 9.03. The zero-order valence-electron chi connectivity index (χ0n) is 17.6. The molecule has 3 rings (SSSR count). The van der Waals surface area contributed by atoms with Gasteiger partial charge in [-0.2, -0.15) is 0 Å². The fourth-order valence-corrected chi connectivity index (χ4v) is 3.38. The van der Waals surface area contributed by atoms with Crippen LogP contribution < -0.4 is 5.32 Å². The quantitative estimate of drug-likeness (QED) is 0.392. The van der Waals surface area contributed by atoms with Crippen LogP contribution in [-0.4, -0.2) is 37.2 Å². The molecule has 170 valence electrons. The van der Waals surface area contributed by atoms with Gasteiger partial charge in [-0.3, -0.25) is 0 Å². The van der Waals surface area contributed by atoms with E-state index < -0.39 is 26.9 Å². The Morgan fingerprint density at radius 3 is 2.56 bits per heavy atom. The highest BCUT2D eigenvalue weighted by molar-refractivity contribution is 7.90. The van der Waals surface area contributed by atoms with Crippen molar-refractivity contribution in [3.05, 3.63) is 59.4 Å². The van der Waals surface area contributed by atoms with Gasteiger partial charge in [0.05, 0.1) is 12.9 Å². The molecule has 1 aromatic carbocycles. The Labute approximate surface area is 183 Å². The number of sulfone groups is 1. The first-order valence-corrected chi connectivity index (χ1v) is 11.4. The van der Waals surface area contributed by atoms with E-state index in [2.05, 4.69) is 15.3 Å². The molecule has 1 N–H and O–H groups in total. The van der Waals surface area contributed by atoms with Crippen LogP contribution >= 0.6 is 0 Å². The summed E-state index contributed by atoms with van der Waals surface area (Å²) in [5, 5.41) is 2.33. The Morgan fingerprint density at radius 2 is 1.97 bits per heavy atom. The molecule has 8 nitrogen and oxygen atoms in total. The van der Waals surface area contributed by atoms with Crippen molar-refractivity contribution < 1.29 is 31.1 Å². The van der Waals surface area contributed by atoms with E-state index in [1.807, 2.05) is 0 Å². The summed E-state index contributed by atoms with van der Waals surface area (Å²) < 4.78 is 62.1. The van der Waals surface area contributed by atoms with Crippen molar-refractivity contribution >= 4 is 21.6 Å². The standard InChI is InChI=1S/C21H21F2N3O5S/c1-4-30-19(27)16-17(15-9-6-10-31-15)25-20(32(3,28)29)26-18(16)24-12-13-7-5-8-14(11-13)21(2,22)23/h5-11H,4,12H2,1-3H3,(H,24,25,26). The maximum Gasteiger partial charge on any atom is 0.344 e. The van der Waals surface area contributed by atoms with Crippen LogP contribution in [0.15, 0.2) is 52.2 Å². The van der Waals surface area contributed by atoms with Crippen molar-refractivity contribution in [1.29, 1.82) is 0 Å². The Hall–Kier alpha value is -3.34. The smallest absolute Gasteiger partial charge is 0.344 e. The number of esters is 1. The number of furan rings is 1. The van der Waals surface area contributed by atoms with Gasteiger partial charge in [-0.05, 0) is 30.7 Å². The lowest BCUT2D eigenvalue weighted by atomic mass is 10.1. The summed E-state index contributed by atoms with van der Waals surface area (Å²) in [4.78, 5) is 20.7. The van der Waals surface area contributed by atoms with Gasteiger partial charge >= 0.3 is 5.97 Å². The average Bonchev–Trinajstić information content (AvgIpc) is 3.25. The van der Waals surface area contributed by atoms with Gasteiger partial charge in [0.1, 0.15) is 17.1 Å². The number of nitrogens with zero attached hydrogens (tertiary/aromatic N) is 2. The highest BCUT2D eigenvalue weighted by Crippen LogP contribution is 2.30. The van der Waals surface area contributed by atoms with Crippen molar-refractivity contribution in [3.63, 3.8) is 0 Å². The summed E-state index contributed by atoms with van der Waals surface area (Å²) in [5.74, 6) is -3.82. The monoisotopic (exact) mass is 465 g/mol. The molecule has 0 amide bonds. The second-order valence-electron chi connectivity index (χ2n) is 6.99. The molecule has 0 fully saturated rings. The van der Waals surface area contributed by atoms with E-state index in [1.165, 1.54) is 30.5 Å². The zero-order valence-corrected chi connectivity index (χ0v) is 18.4. The molecular formula is C21H21F2N3O5S. The Kier molecular flexibility index (Phi) is 6.58. The Balaban J connectivity index is 2.11. The second-order valence-corrected chi connectivity index (χ2v) is 8.90. The molecule has 0 spiro atoms. The first kappa shape index (κ1) is 23.3. The molecule has 32 heavy (non-hydrogen) atoms. The summed E-state index contributed by atoms with van der Waals surface area (Å²) in [5.41, 5.74) is 0.0856. The molecule has 0 saturated heterocycles. The van der Waals surface area contributed by atoms with E-state index in [-0.39, 0.29) is 41.6 Å². The van der Waals surface area contributed by atoms with E-state index >= 15 is 0 Å². The molecule has 0 unspecified atom stereocenters. The molecule has 0 aliphatic heterocycles. The minimum Gasteiger partial charge on any atom is -0.463 e. The van der Waals surface area contributed by atoms with Crippen molar-refractivity contribution in [2.24, 2.45) is 0 Å². The third-order valence-electron chi connectivity index (χ3n) is 4.35. The van der Waals surface area contributed by atoms with E-state index in [4.69, 9.17) is 9.15 Å². The summed E-state index contributed by atoms with van der Waals surface area (Å²) in [6.45, 7) is 2.43. The number of rotatable bonds is 8. The number of hydrogen-bond acceptors (Lipinski definition) is 8. The van der Waals surface area contributed by atoms with Gasteiger partial charge in [0.25, 0.3) is 5.92 Å². The average molecular weight is 465 g/mol. The van der Waals surface area contributed by atoms with E-state index in [0.717, 1.165) is 13.2 Å². The Morgan fingerprint density at radius 1 is 1.22 bits per heavy atom. The molecular weight excluding hydrogens is 444 g/mol. The number of halogens is 2. The summed E-state index contributed by atoms with van der Waals surface area (Å²) in [7, 11) is -3.86. The molecule has 3 aromatic rings. The number of nitrogens with one attached hydrogen (secondary N) is 1. The predicted molar refractivity (Wildman–Crippen MR) is 112 cm³/mol. The maximum atomic E-state index is 13.7. The van der Waals surface area contributed by atoms with Gasteiger partial charge in [0, 0.05) is 25.3 Å². The largest absolute Gasteiger partial charge is 0.463 e. The zero-order chi connectivity index (χ0) is 23.5. The van der Waals surface area contributed by atoms with Crippen LogP contribution in [0.2, 0.25) is 0 Å². The van der Waals surface area contributed by atoms with E-state index in [9.17, 15) is 22.0 Å². The van der Waals surface area contributed by atoms with Gasteiger partial charge in [-0.15, -0.1) is 0 Å². The molecule has 0 radical (unpaired) electrons. The number of alkyl halides is 2. The SMILES string of the molecule is CCOC(=O)c1c(NCc2cccc(C(C)(F)F)c2)nc(S(C)(=O)=O)nc1-c1ccco1. The molecule has 2 heterocycles. The lowest BCUT2D eigenvalue weighted by Crippen LogP contribution is -2.17. The first-order valence-electron chi connectivity index (χ1n) is 9.55. The van der Waals surface area contributed by atoms with Gasteiger partial charge in [0.2, 0.25) is 15.0 Å². The van der Waals surface area contributed by atoms with Crippen LogP contribution in [0.4, 0.5) is 14.6 Å². The summed E-state index contributed by atoms with van der Waals surface area (Å²) >= 11 is 0. The third kappa shape index (κ3) is 5.28. The van der Waals surface area contributed by atoms with Crippen LogP contribution in [0.3, 0.4) is 0 Å². The van der Waals surface area contributed by atoms with E-state index in [1.54, 1.807) is 19.1 Å².